The van der Waals surface area contributed by atoms with Gasteiger partial charge in [0.15, 0.2) is 0 Å². The van der Waals surface area contributed by atoms with Gasteiger partial charge in [-0.15, -0.1) is 0 Å². The van der Waals surface area contributed by atoms with Gasteiger partial charge in [0.1, 0.15) is 6.10 Å². The Bertz CT molecular complexity index is 577. The molecule has 7 atom stereocenters. The van der Waals surface area contributed by atoms with Gasteiger partial charge in [-0.1, -0.05) is 24.3 Å². The van der Waals surface area contributed by atoms with Crippen LogP contribution in [0.25, 0.3) is 0 Å². The third-order valence-corrected chi connectivity index (χ3v) is 4.73. The van der Waals surface area contributed by atoms with Crippen molar-refractivity contribution in [1.82, 2.24) is 0 Å². The Balaban J connectivity index is 0. The van der Waals surface area contributed by atoms with E-state index in [0.717, 1.165) is 0 Å². The molecule has 29 heavy (non-hydrogen) atoms. The van der Waals surface area contributed by atoms with Gasteiger partial charge >= 0.3 is 0 Å². The minimum absolute atomic E-state index is 0. The summed E-state index contributed by atoms with van der Waals surface area (Å²) in [6, 6.07) is 0. The van der Waals surface area contributed by atoms with Gasteiger partial charge in [0.25, 0.3) is 7.82 Å². The molecule has 2 saturated heterocycles. The quantitative estimate of drug-likeness (QED) is 0.178. The summed E-state index contributed by atoms with van der Waals surface area (Å²) in [5.41, 5.74) is 0. The van der Waals surface area contributed by atoms with Crippen LogP contribution in [0, 0.1) is 81.8 Å². The zero-order chi connectivity index (χ0) is 19.9. The van der Waals surface area contributed by atoms with E-state index in [0.29, 0.717) is 0 Å². The number of hydrogen-bond donors (Lipinski definition) is 2. The number of allylic oxidation sites excluding steroid dienone is 3. The van der Waals surface area contributed by atoms with E-state index in [-0.39, 0.29) is 109 Å². The Morgan fingerprint density at radius 2 is 2.14 bits per heavy atom. The molecule has 2 unspecified atom stereocenters. The first-order valence-corrected chi connectivity index (χ1v) is 9.71. The van der Waals surface area contributed by atoms with Crippen LogP contribution in [-0.2, 0) is 48.9 Å². The van der Waals surface area contributed by atoms with Crippen molar-refractivity contribution in [2.24, 2.45) is 0 Å². The third-order valence-electron chi connectivity index (χ3n) is 3.77. The van der Waals surface area contributed by atoms with E-state index < -0.39 is 58.1 Å². The maximum atomic E-state index is 12.1. The molecule has 163 valence electrons. The number of aliphatic hydroxyl groups excluding tert-OH is 2. The smallest absolute Gasteiger partial charge is 0.268 e. The average Bonchev–Trinajstić information content (AvgIpc) is 3.14. The SMILES string of the molecule is [3H][C@H]1C[C@@H](O)[C@@H](COP(=O)([O-])O[C@@H]2C(OC/C=C/C=C/C)[CH-]O[C@@H]2CO)O1.[Ac].[U].[W]. The van der Waals surface area contributed by atoms with Crippen LogP contribution in [0.15, 0.2) is 24.3 Å². The van der Waals surface area contributed by atoms with Crippen molar-refractivity contribution in [2.45, 2.75) is 43.9 Å². The van der Waals surface area contributed by atoms with Crippen LogP contribution in [0.4, 0.5) is 0 Å². The molecule has 2 N–H and O–H groups in total. The van der Waals surface area contributed by atoms with Crippen LogP contribution in [0.3, 0.4) is 0 Å². The van der Waals surface area contributed by atoms with Gasteiger partial charge in [-0.3, -0.25) is 4.57 Å². The Morgan fingerprint density at radius 3 is 2.72 bits per heavy atom. The first-order chi connectivity index (χ1) is 12.9. The van der Waals surface area contributed by atoms with Crippen LogP contribution >= 0.6 is 7.82 Å². The van der Waals surface area contributed by atoms with Crippen LogP contribution in [0.2, 0.25) is 0 Å². The number of aliphatic hydroxyl groups is 2. The van der Waals surface area contributed by atoms with E-state index in [4.69, 9.17) is 24.6 Å². The molecule has 2 rings (SSSR count). The molecule has 2 aliphatic rings. The molecule has 9 nitrogen and oxygen atoms in total. The molecular formula is C16H25AcO9PUW-2. The van der Waals surface area contributed by atoms with Gasteiger partial charge in [-0.05, 0) is 19.4 Å². The van der Waals surface area contributed by atoms with Crippen molar-refractivity contribution < 1.29 is 141 Å². The zero-order valence-corrected chi connectivity index (χ0v) is 28.6. The fourth-order valence-electron chi connectivity index (χ4n) is 2.38. The van der Waals surface area contributed by atoms with E-state index in [2.05, 4.69) is 0 Å². The topological polar surface area (TPSA) is 127 Å². The van der Waals surface area contributed by atoms with Gasteiger partial charge in [-0.2, -0.15) is 6.61 Å². The van der Waals surface area contributed by atoms with Gasteiger partial charge in [-0.25, -0.2) is 0 Å². The zero-order valence-electron chi connectivity index (χ0n) is 16.9. The van der Waals surface area contributed by atoms with Crippen LogP contribution in [0.1, 0.15) is 14.7 Å². The number of phosphoric ester groups is 1. The van der Waals surface area contributed by atoms with Crippen molar-refractivity contribution >= 4 is 7.82 Å². The molecule has 13 heteroatoms. The van der Waals surface area contributed by atoms with Crippen molar-refractivity contribution in [3.05, 3.63) is 30.9 Å². The second-order valence-corrected chi connectivity index (χ2v) is 7.07. The predicted molar refractivity (Wildman–Crippen MR) is 88.7 cm³/mol. The van der Waals surface area contributed by atoms with Crippen molar-refractivity contribution in [2.75, 3.05) is 26.4 Å². The fourth-order valence-corrected chi connectivity index (χ4v) is 3.32. The molecule has 0 spiro atoms. The summed E-state index contributed by atoms with van der Waals surface area (Å²) < 4.78 is 45.1. The number of hydrogen-bond acceptors (Lipinski definition) is 9. The minimum atomic E-state index is -4.80. The molecule has 0 aromatic carbocycles. The summed E-state index contributed by atoms with van der Waals surface area (Å²) in [4.78, 5) is 12.1. The van der Waals surface area contributed by atoms with Crippen LogP contribution < -0.4 is 4.89 Å². The summed E-state index contributed by atoms with van der Waals surface area (Å²) in [5, 5.41) is 19.0. The van der Waals surface area contributed by atoms with E-state index in [1.165, 1.54) is 6.61 Å². The van der Waals surface area contributed by atoms with Crippen molar-refractivity contribution in [3.8, 4) is 0 Å². The molecule has 0 aromatic rings. The van der Waals surface area contributed by atoms with E-state index >= 15 is 0 Å². The molecule has 0 saturated carbocycles. The summed E-state index contributed by atoms with van der Waals surface area (Å²) in [6.45, 7) is 1.44. The number of ether oxygens (including phenoxy) is 3. The maximum Gasteiger partial charge on any atom is 0.268 e. The number of phosphoric acid groups is 1. The molecule has 0 aliphatic carbocycles. The Labute approximate surface area is 246 Å². The van der Waals surface area contributed by atoms with Crippen molar-refractivity contribution in [1.29, 1.82) is 0 Å². The standard InChI is InChI=1S/C16H26O9P.Ac.U.W/c1-2-3-4-5-7-21-15-10-23-13(9-17)16(15)25-26(19,20)24-11-14-12(18)6-8-22-14;;;/h2-5,10,12-18H,6-9,11H2,1H3,(H,19,20);;;/q-1;;;/p-1/b3-2+,5-4+;;;/t12-,13-,14-,15?,16+;;;/m1.../s1/i8T;;;/t8-,12+,13+,14+,15?,16-;;;/m0.... The first kappa shape index (κ1) is 31.6. The Hall–Kier alpha value is 2.57. The molecule has 2 fully saturated rings. The Morgan fingerprint density at radius 1 is 1.41 bits per heavy atom. The molecule has 2 heterocycles. The molecule has 2 aliphatic heterocycles. The number of rotatable bonds is 10. The van der Waals surface area contributed by atoms with Crippen LogP contribution in [0.5, 0.6) is 0 Å². The third kappa shape index (κ3) is 12.0. The van der Waals surface area contributed by atoms with Gasteiger partial charge < -0.3 is 38.4 Å². The largest absolute Gasteiger partial charge is 0.756 e. The van der Waals surface area contributed by atoms with E-state index in [1.807, 2.05) is 19.1 Å². The monoisotopic (exact) mass is 1040 g/mol. The molecule has 0 aromatic heterocycles. The molecule has 0 amide bonds. The second-order valence-electron chi connectivity index (χ2n) is 5.70. The summed E-state index contributed by atoms with van der Waals surface area (Å²) in [7, 11) is -4.80. The minimum Gasteiger partial charge on any atom is -0.756 e. The molecular weight excluding hydrogens is 1020 g/mol. The van der Waals surface area contributed by atoms with Crippen molar-refractivity contribution in [3.63, 3.8) is 0 Å². The van der Waals surface area contributed by atoms with E-state index in [1.54, 1.807) is 12.2 Å². The molecule has 1 radical (unpaired) electrons. The first-order valence-electron chi connectivity index (χ1n) is 8.83. The van der Waals surface area contributed by atoms with Gasteiger partial charge in [0.05, 0.1) is 39.5 Å². The van der Waals surface area contributed by atoms with Crippen LogP contribution in [-0.4, -0.2) is 67.1 Å². The summed E-state index contributed by atoms with van der Waals surface area (Å²) >= 11 is 0. The Kier molecular flexibility index (Phi) is 19.6. The fraction of sp³-hybridized carbons (Fsp3) is 0.688. The normalized spacial score (nSPS) is 34.3. The second kappa shape index (κ2) is 18.0. The molecule has 0 bridgehead atoms. The predicted octanol–water partition coefficient (Wildman–Crippen LogP) is 0.0743. The maximum absolute atomic E-state index is 12.1. The van der Waals surface area contributed by atoms with Gasteiger partial charge in [0.2, 0.25) is 0 Å². The summed E-state index contributed by atoms with van der Waals surface area (Å²) in [6.07, 6.45) is 2.43. The summed E-state index contributed by atoms with van der Waals surface area (Å²) in [5.74, 6) is 0. The van der Waals surface area contributed by atoms with Gasteiger partial charge in [0, 0.05) is 103 Å². The average molecular weight is 1040 g/mol. The van der Waals surface area contributed by atoms with E-state index in [9.17, 15) is 19.7 Å².